The van der Waals surface area contributed by atoms with Crippen LogP contribution in [-0.4, -0.2) is 37.2 Å². The maximum absolute atomic E-state index is 12.9. The van der Waals surface area contributed by atoms with Crippen LogP contribution in [0.25, 0.3) is 0 Å². The van der Waals surface area contributed by atoms with Gasteiger partial charge in [0.05, 0.1) is 0 Å². The Morgan fingerprint density at radius 1 is 0.253 bits per heavy atom. The maximum Gasteiger partial charge on any atom is 0.306 e. The fraction of sp³-hybridized carbons (Fsp3) is 0.493. The molecule has 0 heterocycles. The molecule has 1 atom stereocenters. The summed E-state index contributed by atoms with van der Waals surface area (Å²) in [5.41, 5.74) is 0. The second-order valence-corrected chi connectivity index (χ2v) is 19.1. The molecule has 0 amide bonds. The number of hydrogen-bond donors (Lipinski definition) is 0. The highest BCUT2D eigenvalue weighted by Crippen LogP contribution is 2.11. The van der Waals surface area contributed by atoms with E-state index in [4.69, 9.17) is 14.2 Å². The van der Waals surface area contributed by atoms with Gasteiger partial charge in [-0.1, -0.05) is 240 Å². The number of carbonyl (C=O) groups is 3. The molecule has 0 bridgehead atoms. The van der Waals surface area contributed by atoms with Gasteiger partial charge in [0, 0.05) is 19.3 Å². The third-order valence-corrected chi connectivity index (χ3v) is 11.8. The molecule has 0 N–H and O–H groups in total. The zero-order valence-electron chi connectivity index (χ0n) is 49.8. The van der Waals surface area contributed by atoms with Crippen LogP contribution in [0, 0.1) is 0 Å². The van der Waals surface area contributed by atoms with Gasteiger partial charge >= 0.3 is 17.9 Å². The Morgan fingerprint density at radius 2 is 0.468 bits per heavy atom. The van der Waals surface area contributed by atoms with Crippen molar-refractivity contribution in [3.63, 3.8) is 0 Å². The number of esters is 3. The minimum atomic E-state index is -0.849. The molecule has 0 aromatic heterocycles. The molecule has 0 aliphatic heterocycles. The lowest BCUT2D eigenvalue weighted by Gasteiger charge is -2.18. The first-order chi connectivity index (χ1) is 39.0. The quantitative estimate of drug-likeness (QED) is 0.0261. The molecule has 1 unspecified atom stereocenters. The van der Waals surface area contributed by atoms with Crippen molar-refractivity contribution in [3.05, 3.63) is 207 Å². The SMILES string of the molecule is CC/C=C\C/C=C\C/C=C\C/C=C\C/C=C\C/C=C\C/C=C\CCCC(=O)OCC(COC(=O)CCCCC/C=C\C/C=C\C/C=C\C/C=C\C/C=C\CC)OC(=O)CCCCC/C=C\C/C=C\C/C=C\C/C=C\C/C=C\CC. The number of ether oxygens (including phenoxy) is 3. The van der Waals surface area contributed by atoms with Crippen LogP contribution in [0.4, 0.5) is 0 Å². The molecule has 0 spiro atoms. The van der Waals surface area contributed by atoms with Gasteiger partial charge in [-0.2, -0.15) is 0 Å². The summed E-state index contributed by atoms with van der Waals surface area (Å²) in [6.45, 7) is 6.17. The molecular weight excluding hydrogens is 973 g/mol. The van der Waals surface area contributed by atoms with Crippen molar-refractivity contribution in [1.29, 1.82) is 0 Å². The minimum Gasteiger partial charge on any atom is -0.462 e. The molecule has 0 aromatic rings. The summed E-state index contributed by atoms with van der Waals surface area (Å²) in [5, 5.41) is 0. The van der Waals surface area contributed by atoms with Crippen molar-refractivity contribution < 1.29 is 28.6 Å². The van der Waals surface area contributed by atoms with E-state index in [1.54, 1.807) is 0 Å². The van der Waals surface area contributed by atoms with E-state index in [0.29, 0.717) is 12.8 Å². The summed E-state index contributed by atoms with van der Waals surface area (Å²) >= 11 is 0. The van der Waals surface area contributed by atoms with E-state index in [1.807, 2.05) is 0 Å². The third-order valence-electron chi connectivity index (χ3n) is 11.8. The molecule has 0 aliphatic rings. The van der Waals surface area contributed by atoms with Gasteiger partial charge in [-0.25, -0.2) is 0 Å². The van der Waals surface area contributed by atoms with Crippen LogP contribution in [0.15, 0.2) is 207 Å². The predicted octanol–water partition coefficient (Wildman–Crippen LogP) is 21.2. The van der Waals surface area contributed by atoms with Gasteiger partial charge in [0.1, 0.15) is 13.2 Å². The summed E-state index contributed by atoms with van der Waals surface area (Å²) < 4.78 is 16.8. The molecule has 6 heteroatoms. The lowest BCUT2D eigenvalue weighted by Crippen LogP contribution is -2.30. The molecule has 0 aliphatic carbocycles. The average molecular weight is 1080 g/mol. The first-order valence-corrected chi connectivity index (χ1v) is 30.6. The highest BCUT2D eigenvalue weighted by molar-refractivity contribution is 5.71. The maximum atomic E-state index is 12.9. The molecule has 6 nitrogen and oxygen atoms in total. The average Bonchev–Trinajstić information content (AvgIpc) is 3.45. The lowest BCUT2D eigenvalue weighted by molar-refractivity contribution is -0.167. The van der Waals surface area contributed by atoms with E-state index in [2.05, 4.69) is 227 Å². The fourth-order valence-corrected chi connectivity index (χ4v) is 7.31. The number of unbranched alkanes of at least 4 members (excludes halogenated alkanes) is 7. The van der Waals surface area contributed by atoms with Crippen molar-refractivity contribution in [1.82, 2.24) is 0 Å². The minimum absolute atomic E-state index is 0.140. The molecule has 0 fully saturated rings. The van der Waals surface area contributed by atoms with E-state index < -0.39 is 6.10 Å². The Bertz CT molecular complexity index is 1960. The van der Waals surface area contributed by atoms with Crippen molar-refractivity contribution in [2.45, 2.75) is 219 Å². The summed E-state index contributed by atoms with van der Waals surface area (Å²) in [7, 11) is 0. The van der Waals surface area contributed by atoms with Crippen LogP contribution in [0.1, 0.15) is 213 Å². The van der Waals surface area contributed by atoms with E-state index in [1.165, 1.54) is 0 Å². The Balaban J connectivity index is 4.66. The molecular formula is C73H108O6. The molecule has 0 rings (SSSR count). The second kappa shape index (κ2) is 64.5. The predicted molar refractivity (Wildman–Crippen MR) is 343 cm³/mol. The summed E-state index contributed by atoms with van der Waals surface area (Å²) in [5.74, 6) is -1.08. The van der Waals surface area contributed by atoms with E-state index in [9.17, 15) is 14.4 Å². The van der Waals surface area contributed by atoms with E-state index >= 15 is 0 Å². The molecule has 0 saturated heterocycles. The Hall–Kier alpha value is -6.01. The summed E-state index contributed by atoms with van der Waals surface area (Å²) in [4.78, 5) is 38.3. The Kier molecular flexibility index (Phi) is 59.6. The number of allylic oxidation sites excluding steroid dienone is 34. The molecule has 79 heavy (non-hydrogen) atoms. The largest absolute Gasteiger partial charge is 0.462 e. The Labute approximate surface area is 483 Å². The molecule has 0 aromatic carbocycles. The highest BCUT2D eigenvalue weighted by atomic mass is 16.6. The third kappa shape index (κ3) is 62.7. The number of hydrogen-bond acceptors (Lipinski definition) is 6. The van der Waals surface area contributed by atoms with Gasteiger partial charge in [-0.3, -0.25) is 14.4 Å². The van der Waals surface area contributed by atoms with E-state index in [-0.39, 0.29) is 50.4 Å². The smallest absolute Gasteiger partial charge is 0.306 e. The van der Waals surface area contributed by atoms with Gasteiger partial charge < -0.3 is 14.2 Å². The van der Waals surface area contributed by atoms with Crippen LogP contribution in [-0.2, 0) is 28.6 Å². The molecule has 436 valence electrons. The van der Waals surface area contributed by atoms with Crippen LogP contribution >= 0.6 is 0 Å². The van der Waals surface area contributed by atoms with Gasteiger partial charge in [-0.05, 0) is 161 Å². The standard InChI is InChI=1S/C73H108O6/c1-4-7-10-13-16-19-22-25-28-31-34-35-36-37-40-42-45-48-51-54-57-60-63-66-72(75)78-69-70(79-73(76)67-64-61-58-55-52-49-46-43-39-33-30-27-24-21-18-15-12-9-6-3)68-77-71(74)65-62-59-56-53-50-47-44-41-38-32-29-26-23-20-17-14-11-8-5-2/h7-12,16-21,25-30,34-35,37-41,43,45,47-50,52,54,57,70H,4-6,13-15,22-24,31-33,36,42,44,46,51,53,55-56,58-69H2,1-3H3/b10-7-,11-8-,12-9-,19-16-,20-17-,21-18-,28-25-,29-26-,30-27-,35-34-,40-37-,41-38-,43-39-,48-45-,50-47-,52-49-,57-54-. The van der Waals surface area contributed by atoms with Crippen LogP contribution < -0.4 is 0 Å². The summed E-state index contributed by atoms with van der Waals surface area (Å²) in [6.07, 6.45) is 99.7. The Morgan fingerprint density at radius 3 is 0.734 bits per heavy atom. The number of rotatable bonds is 52. The van der Waals surface area contributed by atoms with Gasteiger partial charge in [0.25, 0.3) is 0 Å². The van der Waals surface area contributed by atoms with Crippen molar-refractivity contribution in [3.8, 4) is 0 Å². The van der Waals surface area contributed by atoms with E-state index in [0.717, 1.165) is 161 Å². The lowest BCUT2D eigenvalue weighted by atomic mass is 10.1. The second-order valence-electron chi connectivity index (χ2n) is 19.1. The molecule has 0 saturated carbocycles. The fourth-order valence-electron chi connectivity index (χ4n) is 7.31. The van der Waals surface area contributed by atoms with Crippen molar-refractivity contribution >= 4 is 17.9 Å². The summed E-state index contributed by atoms with van der Waals surface area (Å²) in [6, 6.07) is 0. The van der Waals surface area contributed by atoms with Crippen LogP contribution in [0.3, 0.4) is 0 Å². The van der Waals surface area contributed by atoms with Gasteiger partial charge in [0.2, 0.25) is 0 Å². The molecule has 0 radical (unpaired) electrons. The first-order valence-electron chi connectivity index (χ1n) is 30.6. The normalized spacial score (nSPS) is 13.6. The van der Waals surface area contributed by atoms with Crippen LogP contribution in [0.2, 0.25) is 0 Å². The van der Waals surface area contributed by atoms with Crippen LogP contribution in [0.5, 0.6) is 0 Å². The van der Waals surface area contributed by atoms with Gasteiger partial charge in [-0.15, -0.1) is 0 Å². The topological polar surface area (TPSA) is 78.9 Å². The number of carbonyl (C=O) groups excluding carboxylic acids is 3. The zero-order valence-corrected chi connectivity index (χ0v) is 49.8. The van der Waals surface area contributed by atoms with Gasteiger partial charge in [0.15, 0.2) is 6.10 Å². The highest BCUT2D eigenvalue weighted by Gasteiger charge is 2.19. The van der Waals surface area contributed by atoms with Crippen molar-refractivity contribution in [2.24, 2.45) is 0 Å². The van der Waals surface area contributed by atoms with Crippen molar-refractivity contribution in [2.75, 3.05) is 13.2 Å². The first kappa shape index (κ1) is 73.0. The zero-order chi connectivity index (χ0) is 57.1. The monoisotopic (exact) mass is 1080 g/mol.